The zero-order valence-electron chi connectivity index (χ0n) is 21.6. The second-order valence-corrected chi connectivity index (χ2v) is 9.23. The van der Waals surface area contributed by atoms with E-state index in [1.165, 1.54) is 12.1 Å². The third-order valence-electron chi connectivity index (χ3n) is 6.21. The van der Waals surface area contributed by atoms with Crippen LogP contribution < -0.4 is 4.74 Å². The normalized spacial score (nSPS) is 11.2. The topological polar surface area (TPSA) is 9.23 Å². The van der Waals surface area contributed by atoms with E-state index in [0.29, 0.717) is 30.2 Å². The lowest BCUT2D eigenvalue weighted by molar-refractivity contribution is -0.187. The van der Waals surface area contributed by atoms with Crippen molar-refractivity contribution in [3.63, 3.8) is 0 Å². The number of benzene rings is 4. The number of alkyl halides is 2. The number of hydrogen-bond donors (Lipinski definition) is 0. The lowest BCUT2D eigenvalue weighted by Crippen LogP contribution is -2.23. The molecule has 4 rings (SSSR count). The zero-order valence-corrected chi connectivity index (χ0v) is 21.6. The van der Waals surface area contributed by atoms with E-state index in [1.807, 2.05) is 6.92 Å². The van der Waals surface area contributed by atoms with Gasteiger partial charge in [0, 0.05) is 17.2 Å². The summed E-state index contributed by atoms with van der Waals surface area (Å²) < 4.78 is 118. The summed E-state index contributed by atoms with van der Waals surface area (Å²) in [5.41, 5.74) is -1.02. The highest BCUT2D eigenvalue weighted by molar-refractivity contribution is 5.65. The predicted octanol–water partition coefficient (Wildman–Crippen LogP) is 9.45. The molecule has 0 saturated heterocycles. The van der Waals surface area contributed by atoms with Crippen LogP contribution >= 0.6 is 0 Å². The van der Waals surface area contributed by atoms with E-state index in [1.54, 1.807) is 0 Å². The molecule has 4 aromatic carbocycles. The highest BCUT2D eigenvalue weighted by Crippen LogP contribution is 2.34. The third-order valence-corrected chi connectivity index (χ3v) is 6.21. The van der Waals surface area contributed by atoms with Gasteiger partial charge >= 0.3 is 6.11 Å². The second kappa shape index (κ2) is 12.5. The maximum Gasteiger partial charge on any atom is 0.429 e. The van der Waals surface area contributed by atoms with E-state index in [2.05, 4.69) is 16.6 Å². The Labute approximate surface area is 231 Å². The molecule has 0 unspecified atom stereocenters. The molecular weight excluding hydrogens is 552 g/mol. The number of rotatable bonds is 8. The first-order chi connectivity index (χ1) is 19.5. The Morgan fingerprint density at radius 1 is 0.683 bits per heavy atom. The van der Waals surface area contributed by atoms with Crippen LogP contribution in [-0.2, 0) is 12.5 Å². The van der Waals surface area contributed by atoms with Gasteiger partial charge in [0.2, 0.25) is 0 Å². The summed E-state index contributed by atoms with van der Waals surface area (Å²) in [6.07, 6.45) is -0.836. The van der Waals surface area contributed by atoms with Gasteiger partial charge in [0.05, 0.1) is 11.1 Å². The Balaban J connectivity index is 1.49. The number of ether oxygens (including phenoxy) is 1. The van der Waals surface area contributed by atoms with Gasteiger partial charge in [-0.25, -0.2) is 26.3 Å². The molecular formula is C32H22F8O. The van der Waals surface area contributed by atoms with Crippen molar-refractivity contribution in [3.05, 3.63) is 124 Å². The average Bonchev–Trinajstić information content (AvgIpc) is 2.91. The fraction of sp³-hybridized carbons (Fsp3) is 0.188. The molecule has 9 heteroatoms. The summed E-state index contributed by atoms with van der Waals surface area (Å²) in [5.74, 6) is -3.36. The minimum absolute atomic E-state index is 0.0641. The lowest BCUT2D eigenvalue weighted by atomic mass is 10.0. The lowest BCUT2D eigenvalue weighted by Gasteiger charge is -2.19. The molecule has 0 bridgehead atoms. The summed E-state index contributed by atoms with van der Waals surface area (Å²) in [6, 6.07) is 10.8. The fourth-order valence-electron chi connectivity index (χ4n) is 4.07. The molecule has 41 heavy (non-hydrogen) atoms. The van der Waals surface area contributed by atoms with Gasteiger partial charge in [0.1, 0.15) is 23.2 Å². The molecule has 0 spiro atoms. The molecule has 0 aliphatic heterocycles. The van der Waals surface area contributed by atoms with E-state index in [-0.39, 0.29) is 22.3 Å². The molecule has 0 saturated carbocycles. The van der Waals surface area contributed by atoms with Crippen molar-refractivity contribution < 1.29 is 39.9 Å². The van der Waals surface area contributed by atoms with Crippen molar-refractivity contribution >= 4 is 0 Å². The van der Waals surface area contributed by atoms with Gasteiger partial charge in [-0.2, -0.15) is 8.78 Å². The average molecular weight is 575 g/mol. The van der Waals surface area contributed by atoms with Gasteiger partial charge in [-0.05, 0) is 72.5 Å². The molecule has 0 aliphatic carbocycles. The number of aryl methyl sites for hydroxylation is 1. The van der Waals surface area contributed by atoms with Crippen LogP contribution in [0.1, 0.15) is 48.4 Å². The van der Waals surface area contributed by atoms with Crippen LogP contribution in [0.3, 0.4) is 0 Å². The monoisotopic (exact) mass is 574 g/mol. The molecule has 0 N–H and O–H groups in total. The Kier molecular flexibility index (Phi) is 9.01. The van der Waals surface area contributed by atoms with E-state index in [0.717, 1.165) is 55.7 Å². The predicted molar refractivity (Wildman–Crippen MR) is 138 cm³/mol. The van der Waals surface area contributed by atoms with Gasteiger partial charge in [0.25, 0.3) is 0 Å². The fourth-order valence-corrected chi connectivity index (χ4v) is 4.07. The summed E-state index contributed by atoms with van der Waals surface area (Å²) in [6.45, 7) is 2.01. The van der Waals surface area contributed by atoms with Crippen LogP contribution in [0.15, 0.2) is 66.7 Å². The summed E-state index contributed by atoms with van der Waals surface area (Å²) in [5, 5.41) is 0. The maximum atomic E-state index is 14.7. The third kappa shape index (κ3) is 7.07. The van der Waals surface area contributed by atoms with Crippen LogP contribution in [0.2, 0.25) is 0 Å². The van der Waals surface area contributed by atoms with E-state index in [4.69, 9.17) is 0 Å². The van der Waals surface area contributed by atoms with E-state index < -0.39 is 52.3 Å². The van der Waals surface area contributed by atoms with Gasteiger partial charge in [-0.15, -0.1) is 0 Å². The molecule has 0 amide bonds. The quantitative estimate of drug-likeness (QED) is 0.0882. The van der Waals surface area contributed by atoms with Crippen LogP contribution in [0.25, 0.3) is 11.1 Å². The van der Waals surface area contributed by atoms with Crippen molar-refractivity contribution in [1.82, 2.24) is 0 Å². The first-order valence-corrected chi connectivity index (χ1v) is 12.6. The Morgan fingerprint density at radius 2 is 1.41 bits per heavy atom. The Morgan fingerprint density at radius 3 is 2.05 bits per heavy atom. The largest absolute Gasteiger partial charge is 0.429 e. The first-order valence-electron chi connectivity index (χ1n) is 12.6. The zero-order chi connectivity index (χ0) is 29.7. The number of halogens is 8. The minimum atomic E-state index is -4.08. The van der Waals surface area contributed by atoms with Crippen LogP contribution in [0.4, 0.5) is 35.1 Å². The Hall–Kier alpha value is -4.32. The number of hydrogen-bond acceptors (Lipinski definition) is 1. The van der Waals surface area contributed by atoms with Crippen molar-refractivity contribution in [2.75, 3.05) is 0 Å². The molecule has 0 radical (unpaired) electrons. The molecule has 0 aromatic heterocycles. The molecule has 4 aromatic rings. The van der Waals surface area contributed by atoms with Gasteiger partial charge < -0.3 is 4.74 Å². The highest BCUT2D eigenvalue weighted by Gasteiger charge is 2.37. The van der Waals surface area contributed by atoms with E-state index >= 15 is 0 Å². The first kappa shape index (κ1) is 29.7. The van der Waals surface area contributed by atoms with Crippen molar-refractivity contribution in [2.24, 2.45) is 0 Å². The van der Waals surface area contributed by atoms with E-state index in [9.17, 15) is 35.1 Å². The smallest absolute Gasteiger partial charge is 0.429 e. The molecule has 0 fully saturated rings. The van der Waals surface area contributed by atoms with Crippen molar-refractivity contribution in [1.29, 1.82) is 0 Å². The summed E-state index contributed by atoms with van der Waals surface area (Å²) in [7, 11) is 0. The Bertz CT molecular complexity index is 1610. The number of unbranched alkanes of at least 4 members (excludes halogenated alkanes) is 2. The minimum Gasteiger partial charge on any atom is -0.429 e. The highest BCUT2D eigenvalue weighted by atomic mass is 19.3. The van der Waals surface area contributed by atoms with Crippen LogP contribution in [0.5, 0.6) is 5.75 Å². The molecule has 212 valence electrons. The molecule has 1 nitrogen and oxygen atoms in total. The maximum absolute atomic E-state index is 14.7. The van der Waals surface area contributed by atoms with Gasteiger partial charge in [-0.3, -0.25) is 0 Å². The molecule has 0 heterocycles. The van der Waals surface area contributed by atoms with Gasteiger partial charge in [0.15, 0.2) is 17.5 Å². The summed E-state index contributed by atoms with van der Waals surface area (Å²) >= 11 is 0. The van der Waals surface area contributed by atoms with Crippen LogP contribution in [0, 0.1) is 46.7 Å². The van der Waals surface area contributed by atoms with Gasteiger partial charge in [-0.1, -0.05) is 43.7 Å². The SMILES string of the molecule is CCCCCc1ccc(C(F)(F)Oc2ccc(C#Cc3ccc(-c4cc(F)c(F)c(F)c4)c(F)c3)c(F)c2)c(F)c1. The second-order valence-electron chi connectivity index (χ2n) is 9.23. The van der Waals surface area contributed by atoms with Crippen molar-refractivity contribution in [3.8, 4) is 28.7 Å². The van der Waals surface area contributed by atoms with Crippen molar-refractivity contribution in [2.45, 2.75) is 38.7 Å². The standard InChI is InChI=1S/C32H22F8O/c1-2-3-4-5-19-8-13-25(28(35)15-19)32(39,40)41-23-11-10-21(26(33)18-23)9-6-20-7-12-24(27(34)14-20)22-16-29(36)31(38)30(37)17-22/h7-8,10-18H,2-5H2,1H3. The molecule has 0 atom stereocenters. The molecule has 0 aliphatic rings. The summed E-state index contributed by atoms with van der Waals surface area (Å²) in [4.78, 5) is 0. The van der Waals surface area contributed by atoms with Crippen LogP contribution in [-0.4, -0.2) is 0 Å².